The summed E-state index contributed by atoms with van der Waals surface area (Å²) in [6.07, 6.45) is 2.62. The van der Waals surface area contributed by atoms with E-state index in [0.29, 0.717) is 18.8 Å². The molecule has 1 fully saturated rings. The lowest BCUT2D eigenvalue weighted by Crippen LogP contribution is -2.50. The second-order valence-electron chi connectivity index (χ2n) is 5.35. The molecule has 1 heterocycles. The van der Waals surface area contributed by atoms with E-state index in [4.69, 9.17) is 20.3 Å². The fourth-order valence-electron chi connectivity index (χ4n) is 2.85. The summed E-state index contributed by atoms with van der Waals surface area (Å²) in [5.41, 5.74) is 6.02. The Labute approximate surface area is 111 Å². The maximum absolute atomic E-state index is 11.1. The Morgan fingerprint density at radius 1 is 1.26 bits per heavy atom. The minimum atomic E-state index is -1.05. The van der Waals surface area contributed by atoms with Gasteiger partial charge in [0.2, 0.25) is 6.79 Å². The molecule has 1 aliphatic heterocycles. The molecule has 2 aliphatic rings. The molecule has 0 atom stereocenters. The van der Waals surface area contributed by atoms with Gasteiger partial charge in [0, 0.05) is 0 Å². The third kappa shape index (κ3) is 2.14. The molecule has 19 heavy (non-hydrogen) atoms. The summed E-state index contributed by atoms with van der Waals surface area (Å²) in [5.74, 6) is 1.01. The lowest BCUT2D eigenvalue weighted by atomic mass is 9.74. The molecule has 0 saturated heterocycles. The Kier molecular flexibility index (Phi) is 2.86. The number of carbonyl (C=O) groups is 1. The van der Waals surface area contributed by atoms with E-state index < -0.39 is 11.5 Å². The van der Waals surface area contributed by atoms with Crippen LogP contribution in [0.2, 0.25) is 0 Å². The average Bonchev–Trinajstić information content (AvgIpc) is 2.86. The van der Waals surface area contributed by atoms with Crippen LogP contribution >= 0.6 is 0 Å². The summed E-state index contributed by atoms with van der Waals surface area (Å²) in [7, 11) is 0. The van der Waals surface area contributed by atoms with Gasteiger partial charge in [-0.2, -0.15) is 0 Å². The third-order valence-electron chi connectivity index (χ3n) is 4.17. The summed E-state index contributed by atoms with van der Waals surface area (Å²) in [4.78, 5) is 11.1. The van der Waals surface area contributed by atoms with E-state index in [1.807, 2.05) is 18.2 Å². The molecule has 0 aromatic heterocycles. The predicted molar refractivity (Wildman–Crippen MR) is 68.3 cm³/mol. The van der Waals surface area contributed by atoms with Crippen molar-refractivity contribution in [1.82, 2.24) is 0 Å². The number of carboxylic acid groups (broad SMARTS) is 1. The fourth-order valence-corrected chi connectivity index (χ4v) is 2.85. The van der Waals surface area contributed by atoms with Crippen molar-refractivity contribution in [3.63, 3.8) is 0 Å². The zero-order valence-corrected chi connectivity index (χ0v) is 10.6. The largest absolute Gasteiger partial charge is 0.480 e. The van der Waals surface area contributed by atoms with Gasteiger partial charge in [-0.25, -0.2) is 0 Å². The van der Waals surface area contributed by atoms with E-state index in [0.717, 1.165) is 24.3 Å². The van der Waals surface area contributed by atoms with Crippen LogP contribution in [0, 0.1) is 0 Å². The quantitative estimate of drug-likeness (QED) is 0.851. The molecule has 5 heteroatoms. The van der Waals surface area contributed by atoms with Crippen molar-refractivity contribution in [2.24, 2.45) is 5.73 Å². The van der Waals surface area contributed by atoms with Gasteiger partial charge in [-0.05, 0) is 49.3 Å². The van der Waals surface area contributed by atoms with Crippen molar-refractivity contribution in [2.75, 3.05) is 6.79 Å². The number of carboxylic acids is 1. The maximum Gasteiger partial charge on any atom is 0.323 e. The highest BCUT2D eigenvalue weighted by molar-refractivity contribution is 5.78. The molecule has 102 valence electrons. The topological polar surface area (TPSA) is 81.8 Å². The first-order valence-corrected chi connectivity index (χ1v) is 6.50. The number of nitrogens with two attached hydrogens (primary N) is 1. The molecule has 0 unspecified atom stereocenters. The van der Waals surface area contributed by atoms with Crippen LogP contribution in [0.1, 0.15) is 37.2 Å². The van der Waals surface area contributed by atoms with Crippen LogP contribution in [-0.4, -0.2) is 23.4 Å². The smallest absolute Gasteiger partial charge is 0.323 e. The van der Waals surface area contributed by atoms with Gasteiger partial charge < -0.3 is 20.3 Å². The van der Waals surface area contributed by atoms with E-state index in [9.17, 15) is 4.79 Å². The highest BCUT2D eigenvalue weighted by Gasteiger charge is 2.38. The number of hydrogen-bond acceptors (Lipinski definition) is 4. The van der Waals surface area contributed by atoms with Crippen LogP contribution in [0.4, 0.5) is 0 Å². The zero-order chi connectivity index (χ0) is 13.5. The van der Waals surface area contributed by atoms with Crippen molar-refractivity contribution in [3.8, 4) is 11.5 Å². The first-order chi connectivity index (χ1) is 9.08. The lowest BCUT2D eigenvalue weighted by molar-refractivity contribution is -0.144. The highest BCUT2D eigenvalue weighted by Crippen LogP contribution is 2.41. The van der Waals surface area contributed by atoms with Crippen LogP contribution in [0.15, 0.2) is 18.2 Å². The second-order valence-corrected chi connectivity index (χ2v) is 5.35. The number of rotatable bonds is 2. The first-order valence-electron chi connectivity index (χ1n) is 6.50. The van der Waals surface area contributed by atoms with Gasteiger partial charge in [0.1, 0.15) is 5.54 Å². The van der Waals surface area contributed by atoms with E-state index in [1.165, 1.54) is 5.56 Å². The molecule has 3 N–H and O–H groups in total. The van der Waals surface area contributed by atoms with E-state index in [1.54, 1.807) is 0 Å². The molecular formula is C14H17NO4. The minimum absolute atomic E-state index is 0.272. The number of fused-ring (bicyclic) bond motifs is 1. The molecule has 5 nitrogen and oxygen atoms in total. The Morgan fingerprint density at radius 2 is 1.95 bits per heavy atom. The van der Waals surface area contributed by atoms with Gasteiger partial charge in [-0.15, -0.1) is 0 Å². The Balaban J connectivity index is 1.73. The Hall–Kier alpha value is -1.75. The monoisotopic (exact) mass is 263 g/mol. The van der Waals surface area contributed by atoms with Crippen LogP contribution in [-0.2, 0) is 4.79 Å². The van der Waals surface area contributed by atoms with Gasteiger partial charge in [0.15, 0.2) is 11.5 Å². The van der Waals surface area contributed by atoms with Crippen molar-refractivity contribution in [3.05, 3.63) is 23.8 Å². The molecule has 1 aromatic rings. The number of hydrogen-bond donors (Lipinski definition) is 2. The molecule has 0 amide bonds. The summed E-state index contributed by atoms with van der Waals surface area (Å²) in [6.45, 7) is 0.272. The van der Waals surface area contributed by atoms with E-state index >= 15 is 0 Å². The van der Waals surface area contributed by atoms with Crippen molar-refractivity contribution < 1.29 is 19.4 Å². The van der Waals surface area contributed by atoms with E-state index in [2.05, 4.69) is 0 Å². The molecule has 1 aliphatic carbocycles. The Bertz CT molecular complexity index is 506. The molecular weight excluding hydrogens is 246 g/mol. The summed E-state index contributed by atoms with van der Waals surface area (Å²) in [6, 6.07) is 5.94. The fraction of sp³-hybridized carbons (Fsp3) is 0.500. The number of ether oxygens (including phenoxy) is 2. The maximum atomic E-state index is 11.1. The SMILES string of the molecule is NC1(C(=O)O)CCC(c2ccc3c(c2)OCO3)CC1. The standard InChI is InChI=1S/C14H17NO4/c15-14(13(16)17)5-3-9(4-6-14)10-1-2-11-12(7-10)19-8-18-11/h1-2,7,9H,3-6,8,15H2,(H,16,17). The minimum Gasteiger partial charge on any atom is -0.480 e. The van der Waals surface area contributed by atoms with Gasteiger partial charge in [-0.3, -0.25) is 4.79 Å². The van der Waals surface area contributed by atoms with Crippen LogP contribution in [0.25, 0.3) is 0 Å². The van der Waals surface area contributed by atoms with Crippen molar-refractivity contribution in [2.45, 2.75) is 37.1 Å². The zero-order valence-electron chi connectivity index (χ0n) is 10.6. The van der Waals surface area contributed by atoms with Crippen LogP contribution < -0.4 is 15.2 Å². The first kappa shape index (κ1) is 12.3. The van der Waals surface area contributed by atoms with Gasteiger partial charge >= 0.3 is 5.97 Å². The van der Waals surface area contributed by atoms with Crippen LogP contribution in [0.3, 0.4) is 0 Å². The molecule has 0 radical (unpaired) electrons. The Morgan fingerprint density at radius 3 is 2.63 bits per heavy atom. The van der Waals surface area contributed by atoms with Crippen LogP contribution in [0.5, 0.6) is 11.5 Å². The summed E-state index contributed by atoms with van der Waals surface area (Å²) in [5, 5.41) is 9.12. The molecule has 0 spiro atoms. The third-order valence-corrected chi connectivity index (χ3v) is 4.17. The average molecular weight is 263 g/mol. The normalized spacial score (nSPS) is 29.2. The van der Waals surface area contributed by atoms with E-state index in [-0.39, 0.29) is 6.79 Å². The molecule has 1 aromatic carbocycles. The van der Waals surface area contributed by atoms with Gasteiger partial charge in [0.05, 0.1) is 0 Å². The predicted octanol–water partition coefficient (Wildman–Crippen LogP) is 1.85. The van der Waals surface area contributed by atoms with Crippen molar-refractivity contribution in [1.29, 1.82) is 0 Å². The van der Waals surface area contributed by atoms with Crippen molar-refractivity contribution >= 4 is 5.97 Å². The van der Waals surface area contributed by atoms with Gasteiger partial charge in [0.25, 0.3) is 0 Å². The highest BCUT2D eigenvalue weighted by atomic mass is 16.7. The molecule has 3 rings (SSSR count). The molecule has 1 saturated carbocycles. The summed E-state index contributed by atoms with van der Waals surface area (Å²) >= 11 is 0. The lowest BCUT2D eigenvalue weighted by Gasteiger charge is -2.33. The number of benzene rings is 1. The van der Waals surface area contributed by atoms with Gasteiger partial charge in [-0.1, -0.05) is 6.07 Å². The summed E-state index contributed by atoms with van der Waals surface area (Å²) < 4.78 is 10.7. The molecule has 0 bridgehead atoms. The second kappa shape index (κ2) is 4.42. The number of aliphatic carboxylic acids is 1.